The van der Waals surface area contributed by atoms with Crippen molar-refractivity contribution in [1.82, 2.24) is 0 Å². The Hall–Kier alpha value is -1.02. The standard InChI is InChI=1S/C13H10Cl2IN3O/c14-7-1-3-11(19-17)9(5-7)13(20)18-12-4-2-8(16)6-10(12)15/h1-6,19H,17H2,(H,18,20). The number of rotatable bonds is 3. The summed E-state index contributed by atoms with van der Waals surface area (Å²) in [6.45, 7) is 0. The Morgan fingerprint density at radius 2 is 1.80 bits per heavy atom. The van der Waals surface area contributed by atoms with E-state index in [1.165, 1.54) is 6.07 Å². The van der Waals surface area contributed by atoms with Crippen molar-refractivity contribution in [3.63, 3.8) is 0 Å². The monoisotopic (exact) mass is 421 g/mol. The molecule has 20 heavy (non-hydrogen) atoms. The van der Waals surface area contributed by atoms with Crippen LogP contribution in [0.1, 0.15) is 10.4 Å². The number of benzene rings is 2. The molecule has 2 aromatic rings. The van der Waals surface area contributed by atoms with Gasteiger partial charge in [0.1, 0.15) is 0 Å². The summed E-state index contributed by atoms with van der Waals surface area (Å²) in [5, 5.41) is 3.64. The van der Waals surface area contributed by atoms with Gasteiger partial charge in [-0.25, -0.2) is 0 Å². The maximum Gasteiger partial charge on any atom is 0.257 e. The number of hydrogen-bond acceptors (Lipinski definition) is 3. The molecule has 1 amide bonds. The van der Waals surface area contributed by atoms with Gasteiger partial charge in [-0.15, -0.1) is 0 Å². The molecule has 0 saturated carbocycles. The molecule has 0 aromatic heterocycles. The van der Waals surface area contributed by atoms with Crippen molar-refractivity contribution in [3.05, 3.63) is 55.6 Å². The molecule has 0 fully saturated rings. The number of amides is 1. The van der Waals surface area contributed by atoms with Gasteiger partial charge < -0.3 is 10.7 Å². The summed E-state index contributed by atoms with van der Waals surface area (Å²) in [7, 11) is 0. The molecule has 0 aliphatic carbocycles. The fraction of sp³-hybridized carbons (Fsp3) is 0. The zero-order valence-corrected chi connectivity index (χ0v) is 13.8. The van der Waals surface area contributed by atoms with Crippen LogP contribution in [-0.2, 0) is 0 Å². The molecule has 0 unspecified atom stereocenters. The van der Waals surface area contributed by atoms with Gasteiger partial charge in [0.2, 0.25) is 0 Å². The molecular weight excluding hydrogens is 412 g/mol. The van der Waals surface area contributed by atoms with Crippen LogP contribution in [0.25, 0.3) is 0 Å². The largest absolute Gasteiger partial charge is 0.323 e. The van der Waals surface area contributed by atoms with E-state index in [1.807, 2.05) is 6.07 Å². The lowest BCUT2D eigenvalue weighted by atomic mass is 10.1. The van der Waals surface area contributed by atoms with Crippen LogP contribution < -0.4 is 16.6 Å². The van der Waals surface area contributed by atoms with Gasteiger partial charge in [0, 0.05) is 8.59 Å². The first-order chi connectivity index (χ1) is 9.51. The third-order valence-electron chi connectivity index (χ3n) is 2.56. The molecule has 0 aliphatic heterocycles. The summed E-state index contributed by atoms with van der Waals surface area (Å²) >= 11 is 14.1. The SMILES string of the molecule is NNc1ccc(Cl)cc1C(=O)Nc1ccc(I)cc1Cl. The van der Waals surface area contributed by atoms with Crippen molar-refractivity contribution in [1.29, 1.82) is 0 Å². The van der Waals surface area contributed by atoms with Crippen molar-refractivity contribution in [2.24, 2.45) is 5.84 Å². The molecule has 0 radical (unpaired) electrons. The highest BCUT2D eigenvalue weighted by molar-refractivity contribution is 14.1. The Labute approximate surface area is 139 Å². The average molecular weight is 422 g/mol. The second kappa shape index (κ2) is 6.62. The van der Waals surface area contributed by atoms with Crippen molar-refractivity contribution in [3.8, 4) is 0 Å². The number of halogens is 3. The van der Waals surface area contributed by atoms with Crippen LogP contribution in [0, 0.1) is 3.57 Å². The maximum atomic E-state index is 12.3. The van der Waals surface area contributed by atoms with E-state index in [9.17, 15) is 4.79 Å². The first kappa shape index (κ1) is 15.4. The second-order valence-corrected chi connectivity index (χ2v) is 6.00. The van der Waals surface area contributed by atoms with Gasteiger partial charge in [-0.1, -0.05) is 23.2 Å². The molecule has 0 atom stereocenters. The number of nitrogens with two attached hydrogens (primary N) is 1. The Bertz CT molecular complexity index is 664. The number of carbonyl (C=O) groups excluding carboxylic acids is 1. The molecule has 2 rings (SSSR count). The van der Waals surface area contributed by atoms with Gasteiger partial charge in [-0.2, -0.15) is 0 Å². The summed E-state index contributed by atoms with van der Waals surface area (Å²) in [6, 6.07) is 10.2. The van der Waals surface area contributed by atoms with Gasteiger partial charge >= 0.3 is 0 Å². The number of carbonyl (C=O) groups is 1. The Morgan fingerprint density at radius 1 is 1.10 bits per heavy atom. The van der Waals surface area contributed by atoms with Crippen molar-refractivity contribution >= 4 is 63.1 Å². The molecule has 0 aliphatic rings. The van der Waals surface area contributed by atoms with Crippen LogP contribution in [0.2, 0.25) is 10.0 Å². The van der Waals surface area contributed by atoms with Gasteiger partial charge in [-0.3, -0.25) is 10.6 Å². The lowest BCUT2D eigenvalue weighted by molar-refractivity contribution is 0.102. The highest BCUT2D eigenvalue weighted by Crippen LogP contribution is 2.26. The van der Waals surface area contributed by atoms with Crippen LogP contribution >= 0.6 is 45.8 Å². The number of nitrogen functional groups attached to an aromatic ring is 1. The Morgan fingerprint density at radius 3 is 2.45 bits per heavy atom. The first-order valence-electron chi connectivity index (χ1n) is 5.54. The van der Waals surface area contributed by atoms with Crippen LogP contribution in [-0.4, -0.2) is 5.91 Å². The topological polar surface area (TPSA) is 67.1 Å². The summed E-state index contributed by atoms with van der Waals surface area (Å²) in [4.78, 5) is 12.3. The zero-order valence-electron chi connectivity index (χ0n) is 10.1. The van der Waals surface area contributed by atoms with E-state index in [-0.39, 0.29) is 5.91 Å². The fourth-order valence-electron chi connectivity index (χ4n) is 1.61. The summed E-state index contributed by atoms with van der Waals surface area (Å²) < 4.78 is 0.984. The summed E-state index contributed by atoms with van der Waals surface area (Å²) in [5.41, 5.74) is 3.81. The molecule has 4 nitrogen and oxygen atoms in total. The number of nitrogens with one attached hydrogen (secondary N) is 2. The average Bonchev–Trinajstić information content (AvgIpc) is 2.41. The molecule has 0 bridgehead atoms. The van der Waals surface area contributed by atoms with Crippen molar-refractivity contribution in [2.45, 2.75) is 0 Å². The van der Waals surface area contributed by atoms with E-state index < -0.39 is 0 Å². The molecule has 2 aromatic carbocycles. The predicted octanol–water partition coefficient (Wildman–Crippen LogP) is 4.14. The van der Waals surface area contributed by atoms with Gasteiger partial charge in [0.15, 0.2) is 0 Å². The number of anilines is 2. The lowest BCUT2D eigenvalue weighted by Gasteiger charge is -2.11. The minimum atomic E-state index is -0.344. The van der Waals surface area contributed by atoms with Crippen LogP contribution in [0.5, 0.6) is 0 Å². The smallest absolute Gasteiger partial charge is 0.257 e. The van der Waals surface area contributed by atoms with Crippen molar-refractivity contribution < 1.29 is 4.79 Å². The molecule has 0 spiro atoms. The highest BCUT2D eigenvalue weighted by Gasteiger charge is 2.13. The van der Waals surface area contributed by atoms with E-state index in [2.05, 4.69) is 33.3 Å². The quantitative estimate of drug-likeness (QED) is 0.396. The van der Waals surface area contributed by atoms with E-state index in [0.29, 0.717) is 27.0 Å². The van der Waals surface area contributed by atoms with E-state index in [4.69, 9.17) is 29.0 Å². The van der Waals surface area contributed by atoms with Crippen LogP contribution in [0.3, 0.4) is 0 Å². The van der Waals surface area contributed by atoms with E-state index in [0.717, 1.165) is 3.57 Å². The number of hydrazine groups is 1. The molecule has 4 N–H and O–H groups in total. The highest BCUT2D eigenvalue weighted by atomic mass is 127. The van der Waals surface area contributed by atoms with E-state index >= 15 is 0 Å². The predicted molar refractivity (Wildman–Crippen MR) is 91.4 cm³/mol. The summed E-state index contributed by atoms with van der Waals surface area (Å²) in [5.74, 6) is 5.04. The first-order valence-corrected chi connectivity index (χ1v) is 7.37. The van der Waals surface area contributed by atoms with Crippen LogP contribution in [0.15, 0.2) is 36.4 Å². The van der Waals surface area contributed by atoms with E-state index in [1.54, 1.807) is 24.3 Å². The summed E-state index contributed by atoms with van der Waals surface area (Å²) in [6.07, 6.45) is 0. The third-order valence-corrected chi connectivity index (χ3v) is 3.78. The zero-order chi connectivity index (χ0) is 14.7. The molecule has 104 valence electrons. The third kappa shape index (κ3) is 3.54. The molecule has 7 heteroatoms. The molecular formula is C13H10Cl2IN3O. The maximum absolute atomic E-state index is 12.3. The van der Waals surface area contributed by atoms with Crippen molar-refractivity contribution in [2.75, 3.05) is 10.7 Å². The Kier molecular flexibility index (Phi) is 5.09. The number of hydrogen-bond donors (Lipinski definition) is 3. The normalized spacial score (nSPS) is 10.2. The second-order valence-electron chi connectivity index (χ2n) is 3.91. The minimum Gasteiger partial charge on any atom is -0.323 e. The molecule has 0 saturated heterocycles. The lowest BCUT2D eigenvalue weighted by Crippen LogP contribution is -2.17. The van der Waals surface area contributed by atoms with Crippen LogP contribution in [0.4, 0.5) is 11.4 Å². The fourth-order valence-corrected chi connectivity index (χ4v) is 2.69. The van der Waals surface area contributed by atoms with Gasteiger partial charge in [0.05, 0.1) is 22.0 Å². The molecule has 0 heterocycles. The van der Waals surface area contributed by atoms with Gasteiger partial charge in [0.25, 0.3) is 5.91 Å². The van der Waals surface area contributed by atoms with Gasteiger partial charge in [-0.05, 0) is 59.0 Å². The minimum absolute atomic E-state index is 0.342. The Balaban J connectivity index is 2.30.